The van der Waals surface area contributed by atoms with Crippen LogP contribution in [-0.4, -0.2) is 25.0 Å². The van der Waals surface area contributed by atoms with E-state index in [1.165, 1.54) is 6.07 Å². The van der Waals surface area contributed by atoms with Crippen LogP contribution in [0.15, 0.2) is 18.2 Å². The Labute approximate surface area is 102 Å². The fourth-order valence-corrected chi connectivity index (χ4v) is 1.13. The first-order chi connectivity index (χ1) is 8.52. The average molecular weight is 251 g/mol. The molecule has 7 heteroatoms. The van der Waals surface area contributed by atoms with Crippen molar-refractivity contribution in [1.29, 1.82) is 5.26 Å². The number of carbonyl (C=O) groups is 2. The van der Waals surface area contributed by atoms with Gasteiger partial charge in [0.25, 0.3) is 5.91 Å². The summed E-state index contributed by atoms with van der Waals surface area (Å²) in [6.45, 7) is -0.722. The predicted octanol–water partition coefficient (Wildman–Crippen LogP) is 0.204. The van der Waals surface area contributed by atoms with E-state index < -0.39 is 24.3 Å². The maximum absolute atomic E-state index is 13.0. The van der Waals surface area contributed by atoms with Gasteiger partial charge < -0.3 is 15.8 Å². The molecule has 1 aromatic rings. The first kappa shape index (κ1) is 13.4. The molecule has 0 radical (unpaired) electrons. The van der Waals surface area contributed by atoms with E-state index in [4.69, 9.17) is 11.0 Å². The highest BCUT2D eigenvalue weighted by molar-refractivity contribution is 5.92. The van der Waals surface area contributed by atoms with Gasteiger partial charge in [0.1, 0.15) is 12.4 Å². The number of ether oxygens (including phenoxy) is 1. The minimum Gasteiger partial charge on any atom is -0.452 e. The summed E-state index contributed by atoms with van der Waals surface area (Å²) in [6, 6.07) is 4.93. The van der Waals surface area contributed by atoms with Crippen molar-refractivity contribution in [3.63, 3.8) is 0 Å². The van der Waals surface area contributed by atoms with Gasteiger partial charge in [-0.05, 0) is 18.2 Å². The number of halogens is 1. The minimum absolute atomic E-state index is 0.0795. The molecule has 0 aliphatic heterocycles. The Hall–Kier alpha value is -2.62. The third-order valence-electron chi connectivity index (χ3n) is 1.85. The second-order valence-corrected chi connectivity index (χ2v) is 3.28. The van der Waals surface area contributed by atoms with Gasteiger partial charge in [-0.15, -0.1) is 0 Å². The Morgan fingerprint density at radius 3 is 2.78 bits per heavy atom. The Kier molecular flexibility index (Phi) is 4.63. The van der Waals surface area contributed by atoms with Gasteiger partial charge in [-0.3, -0.25) is 4.79 Å². The first-order valence-corrected chi connectivity index (χ1v) is 4.90. The Bertz CT molecular complexity index is 490. The van der Waals surface area contributed by atoms with Crippen molar-refractivity contribution >= 4 is 17.6 Å². The van der Waals surface area contributed by atoms with Crippen LogP contribution >= 0.6 is 0 Å². The lowest BCUT2D eigenvalue weighted by Crippen LogP contribution is -2.29. The number of nitrogens with two attached hydrogens (primary N) is 1. The molecule has 0 aliphatic carbocycles. The molecule has 0 spiro atoms. The monoisotopic (exact) mass is 251 g/mol. The molecule has 1 aromatic carbocycles. The lowest BCUT2D eigenvalue weighted by atomic mass is 10.2. The number of hydrogen-bond acceptors (Lipinski definition) is 5. The number of esters is 1. The zero-order valence-electron chi connectivity index (χ0n) is 9.27. The predicted molar refractivity (Wildman–Crippen MR) is 59.7 cm³/mol. The molecule has 6 nitrogen and oxygen atoms in total. The number of hydrogen-bond donors (Lipinski definition) is 2. The molecule has 0 aromatic heterocycles. The number of benzene rings is 1. The Balaban J connectivity index is 2.55. The van der Waals surface area contributed by atoms with E-state index in [-0.39, 0.29) is 17.8 Å². The van der Waals surface area contributed by atoms with Crippen molar-refractivity contribution in [1.82, 2.24) is 5.32 Å². The maximum atomic E-state index is 13.0. The standard InChI is InChI=1S/C11H10FN3O3/c12-8-3-7(4-9(14)5-8)11(17)18-6-10(16)15-2-1-13/h3-5H,2,6,14H2,(H,15,16). The number of anilines is 1. The third-order valence-corrected chi connectivity index (χ3v) is 1.85. The van der Waals surface area contributed by atoms with Crippen LogP contribution in [-0.2, 0) is 9.53 Å². The van der Waals surface area contributed by atoms with Gasteiger partial charge in [-0.1, -0.05) is 0 Å². The summed E-state index contributed by atoms with van der Waals surface area (Å²) in [6.07, 6.45) is 0. The molecule has 0 bridgehead atoms. The number of nitrogens with one attached hydrogen (secondary N) is 1. The quantitative estimate of drug-likeness (QED) is 0.452. The smallest absolute Gasteiger partial charge is 0.338 e. The lowest BCUT2D eigenvalue weighted by molar-refractivity contribution is -0.123. The van der Waals surface area contributed by atoms with E-state index in [1.54, 1.807) is 6.07 Å². The zero-order valence-corrected chi connectivity index (χ0v) is 9.27. The van der Waals surface area contributed by atoms with Gasteiger partial charge in [-0.25, -0.2) is 9.18 Å². The van der Waals surface area contributed by atoms with Gasteiger partial charge in [0.15, 0.2) is 6.61 Å². The van der Waals surface area contributed by atoms with Crippen molar-refractivity contribution in [2.75, 3.05) is 18.9 Å². The molecule has 0 saturated heterocycles. The maximum Gasteiger partial charge on any atom is 0.338 e. The molecule has 0 saturated carbocycles. The topological polar surface area (TPSA) is 105 Å². The molecule has 3 N–H and O–H groups in total. The molecule has 1 amide bonds. The van der Waals surface area contributed by atoms with E-state index in [0.717, 1.165) is 12.1 Å². The Morgan fingerprint density at radius 2 is 2.17 bits per heavy atom. The number of nitrogens with zero attached hydrogens (tertiary/aromatic N) is 1. The van der Waals surface area contributed by atoms with E-state index in [0.29, 0.717) is 0 Å². The second kappa shape index (κ2) is 6.20. The van der Waals surface area contributed by atoms with Gasteiger partial charge in [0, 0.05) is 5.69 Å². The normalized spacial score (nSPS) is 9.33. The summed E-state index contributed by atoms with van der Waals surface area (Å²) in [5, 5.41) is 10.4. The van der Waals surface area contributed by atoms with E-state index >= 15 is 0 Å². The van der Waals surface area contributed by atoms with Crippen LogP contribution in [0.1, 0.15) is 10.4 Å². The van der Waals surface area contributed by atoms with Crippen LogP contribution < -0.4 is 11.1 Å². The summed E-state index contributed by atoms with van der Waals surface area (Å²) < 4.78 is 17.6. The van der Waals surface area contributed by atoms with E-state index in [2.05, 4.69) is 10.1 Å². The molecule has 1 rings (SSSR count). The molecular formula is C11H10FN3O3. The molecule has 0 aliphatic rings. The molecule has 18 heavy (non-hydrogen) atoms. The van der Waals surface area contributed by atoms with Crippen molar-refractivity contribution in [3.8, 4) is 6.07 Å². The summed E-state index contributed by atoms with van der Waals surface area (Å²) in [7, 11) is 0. The van der Waals surface area contributed by atoms with Crippen molar-refractivity contribution < 1.29 is 18.7 Å². The fourth-order valence-electron chi connectivity index (χ4n) is 1.13. The summed E-state index contributed by atoms with van der Waals surface area (Å²) in [5.41, 5.74) is 5.35. The van der Waals surface area contributed by atoms with Crippen LogP contribution in [0.3, 0.4) is 0 Å². The highest BCUT2D eigenvalue weighted by Gasteiger charge is 2.11. The van der Waals surface area contributed by atoms with Gasteiger partial charge in [0.05, 0.1) is 11.6 Å². The van der Waals surface area contributed by atoms with Gasteiger partial charge in [0.2, 0.25) is 0 Å². The van der Waals surface area contributed by atoms with Crippen molar-refractivity contribution in [2.24, 2.45) is 0 Å². The lowest BCUT2D eigenvalue weighted by Gasteiger charge is -2.05. The zero-order chi connectivity index (χ0) is 13.5. The fraction of sp³-hybridized carbons (Fsp3) is 0.182. The number of amides is 1. The van der Waals surface area contributed by atoms with Crippen LogP contribution in [0.25, 0.3) is 0 Å². The minimum atomic E-state index is -0.867. The van der Waals surface area contributed by atoms with Crippen LogP contribution in [0, 0.1) is 17.1 Å². The van der Waals surface area contributed by atoms with Crippen LogP contribution in [0.2, 0.25) is 0 Å². The number of carbonyl (C=O) groups excluding carboxylic acids is 2. The van der Waals surface area contributed by atoms with Crippen LogP contribution in [0.5, 0.6) is 0 Å². The number of nitrogen functional groups attached to an aromatic ring is 1. The number of nitriles is 1. The number of rotatable bonds is 4. The van der Waals surface area contributed by atoms with Gasteiger partial charge >= 0.3 is 5.97 Å². The summed E-state index contributed by atoms with van der Waals surface area (Å²) in [4.78, 5) is 22.5. The summed E-state index contributed by atoms with van der Waals surface area (Å²) >= 11 is 0. The van der Waals surface area contributed by atoms with E-state index in [9.17, 15) is 14.0 Å². The largest absolute Gasteiger partial charge is 0.452 e. The molecule has 94 valence electrons. The van der Waals surface area contributed by atoms with Gasteiger partial charge in [-0.2, -0.15) is 5.26 Å². The SMILES string of the molecule is N#CCNC(=O)COC(=O)c1cc(N)cc(F)c1. The van der Waals surface area contributed by atoms with E-state index in [1.807, 2.05) is 0 Å². The molecule has 0 fully saturated rings. The molecule has 0 atom stereocenters. The van der Waals surface area contributed by atoms with Crippen molar-refractivity contribution in [2.45, 2.75) is 0 Å². The average Bonchev–Trinajstić information content (AvgIpc) is 2.32. The molecule has 0 heterocycles. The molecule has 0 unspecified atom stereocenters. The second-order valence-electron chi connectivity index (χ2n) is 3.28. The first-order valence-electron chi connectivity index (χ1n) is 4.90. The Morgan fingerprint density at radius 1 is 1.44 bits per heavy atom. The highest BCUT2D eigenvalue weighted by atomic mass is 19.1. The third kappa shape index (κ3) is 4.09. The molecular weight excluding hydrogens is 241 g/mol. The highest BCUT2D eigenvalue weighted by Crippen LogP contribution is 2.11. The van der Waals surface area contributed by atoms with Crippen molar-refractivity contribution in [3.05, 3.63) is 29.6 Å². The van der Waals surface area contributed by atoms with Crippen LogP contribution in [0.4, 0.5) is 10.1 Å². The summed E-state index contributed by atoms with van der Waals surface area (Å²) in [5.74, 6) is -2.15.